The van der Waals surface area contributed by atoms with Gasteiger partial charge in [-0.15, -0.1) is 22.7 Å². The van der Waals surface area contributed by atoms with E-state index in [1.165, 1.54) is 25.3 Å². The van der Waals surface area contributed by atoms with Gasteiger partial charge < -0.3 is 15.2 Å². The molecule has 0 radical (unpaired) electrons. The van der Waals surface area contributed by atoms with Crippen molar-refractivity contribution in [1.29, 1.82) is 0 Å². The zero-order valence-corrected chi connectivity index (χ0v) is 27.0. The van der Waals surface area contributed by atoms with Gasteiger partial charge in [-0.25, -0.2) is 4.98 Å². The van der Waals surface area contributed by atoms with Gasteiger partial charge in [0.25, 0.3) is 0 Å². The molecule has 6 aromatic rings. The minimum atomic E-state index is -4.25. The van der Waals surface area contributed by atoms with Crippen molar-refractivity contribution < 1.29 is 22.4 Å². The average Bonchev–Trinajstić information content (AvgIpc) is 3.73. The fraction of sp³-hybridized carbons (Fsp3) is 0.200. The van der Waals surface area contributed by atoms with Crippen molar-refractivity contribution in [3.63, 3.8) is 0 Å². The highest BCUT2D eigenvalue weighted by Crippen LogP contribution is 2.35. The zero-order valence-electron chi connectivity index (χ0n) is 24.6. The summed E-state index contributed by atoms with van der Waals surface area (Å²) in [4.78, 5) is 14.6. The lowest BCUT2D eigenvalue weighted by molar-refractivity contribution is 0.353. The third-order valence-corrected chi connectivity index (χ3v) is 9.93. The van der Waals surface area contributed by atoms with Gasteiger partial charge >= 0.3 is 16.1 Å². The first kappa shape index (κ1) is 31.1. The summed E-state index contributed by atoms with van der Waals surface area (Å²) in [5, 5.41) is 7.69. The Kier molecular flexibility index (Phi) is 8.97. The molecular formula is C30H30N6O5S3. The Morgan fingerprint density at radius 3 is 2.39 bits per heavy atom. The van der Waals surface area contributed by atoms with Crippen LogP contribution in [0.15, 0.2) is 64.3 Å². The lowest BCUT2D eigenvalue weighted by atomic mass is 10.1. The monoisotopic (exact) mass is 650 g/mol. The summed E-state index contributed by atoms with van der Waals surface area (Å²) in [7, 11) is -1.29. The number of ether oxygens (including phenoxy) is 2. The van der Waals surface area contributed by atoms with Crippen LogP contribution < -0.4 is 15.2 Å². The van der Waals surface area contributed by atoms with Gasteiger partial charge in [0, 0.05) is 21.8 Å². The lowest BCUT2D eigenvalue weighted by Gasteiger charge is -2.07. The molecule has 5 heterocycles. The predicted molar refractivity (Wildman–Crippen MR) is 173 cm³/mol. The van der Waals surface area contributed by atoms with E-state index in [9.17, 15) is 13.0 Å². The lowest BCUT2D eigenvalue weighted by Crippen LogP contribution is -2.02. The molecule has 3 N–H and O–H groups in total. The number of fused-ring (bicyclic) bond motifs is 1. The smallest absolute Gasteiger partial charge is 0.319 e. The maximum absolute atomic E-state index is 11.6. The van der Waals surface area contributed by atoms with Gasteiger partial charge in [-0.3, -0.25) is 14.2 Å². The first-order chi connectivity index (χ1) is 21.0. The first-order valence-electron chi connectivity index (χ1n) is 13.2. The normalized spacial score (nSPS) is 11.3. The van der Waals surface area contributed by atoms with Gasteiger partial charge in [-0.05, 0) is 61.5 Å². The van der Waals surface area contributed by atoms with Gasteiger partial charge in [0.1, 0.15) is 11.4 Å². The molecule has 11 nitrogen and oxygen atoms in total. The number of nitrogens with zero attached hydrogens (tertiary/aromatic N) is 5. The number of benzene rings is 1. The molecule has 0 amide bonds. The van der Waals surface area contributed by atoms with E-state index in [0.717, 1.165) is 55.3 Å². The Balaban J connectivity index is 0.000000296. The summed E-state index contributed by atoms with van der Waals surface area (Å²) in [5.41, 5.74) is 12.0. The Morgan fingerprint density at radius 2 is 1.75 bits per heavy atom. The standard InChI is InChI=1S/C24H21N3O3S3.C6H9N3O2/c1-14-12-20-22(16(3)25-14)23(21-9-4-15(2)32-21)26-27(20)13-17-5-7-18(8-6-17)19-10-11-31-24(19)33(28,29)30;1-10-5-4(7)3-8-6(9-5)11-2/h4-12H,13H2,1-3H3,(H,28,29,30);3H,7H2,1-2H3. The Hall–Kier alpha value is -4.37. The average molecular weight is 651 g/mol. The molecule has 44 heavy (non-hydrogen) atoms. The van der Waals surface area contributed by atoms with Crippen LogP contribution in [0.1, 0.15) is 21.8 Å². The summed E-state index contributed by atoms with van der Waals surface area (Å²) in [6.07, 6.45) is 1.44. The van der Waals surface area contributed by atoms with Crippen LogP contribution in [0, 0.1) is 20.8 Å². The fourth-order valence-corrected chi connectivity index (χ4v) is 7.29. The predicted octanol–water partition coefficient (Wildman–Crippen LogP) is 6.18. The second-order valence-electron chi connectivity index (χ2n) is 9.77. The Bertz CT molecular complexity index is 2050. The highest BCUT2D eigenvalue weighted by atomic mass is 32.3. The van der Waals surface area contributed by atoms with E-state index in [1.54, 1.807) is 22.8 Å². The summed E-state index contributed by atoms with van der Waals surface area (Å²) in [6.45, 7) is 6.67. The molecule has 0 bridgehead atoms. The molecule has 0 fully saturated rings. The van der Waals surface area contributed by atoms with E-state index in [0.29, 0.717) is 23.7 Å². The molecule has 0 unspecified atom stereocenters. The van der Waals surface area contributed by atoms with E-state index in [1.807, 2.05) is 42.8 Å². The minimum Gasteiger partial charge on any atom is -0.479 e. The van der Waals surface area contributed by atoms with E-state index >= 15 is 0 Å². The van der Waals surface area contributed by atoms with Crippen LogP contribution in [0.3, 0.4) is 0 Å². The highest BCUT2D eigenvalue weighted by Gasteiger charge is 2.20. The summed E-state index contributed by atoms with van der Waals surface area (Å²) in [6, 6.07) is 15.9. The van der Waals surface area contributed by atoms with E-state index in [-0.39, 0.29) is 10.2 Å². The van der Waals surface area contributed by atoms with Gasteiger partial charge in [-0.1, -0.05) is 24.3 Å². The number of aromatic nitrogens is 5. The summed E-state index contributed by atoms with van der Waals surface area (Å²) >= 11 is 2.73. The van der Waals surface area contributed by atoms with Crippen molar-refractivity contribution in [1.82, 2.24) is 24.7 Å². The molecule has 6 rings (SSSR count). The number of anilines is 1. The molecule has 5 aromatic heterocycles. The zero-order chi connectivity index (χ0) is 31.6. The number of pyridine rings is 1. The van der Waals surface area contributed by atoms with E-state index in [2.05, 4.69) is 40.1 Å². The number of hydrogen-bond acceptors (Lipinski definition) is 11. The molecule has 0 spiro atoms. The number of thiophene rings is 2. The van der Waals surface area contributed by atoms with Crippen molar-refractivity contribution in [2.75, 3.05) is 20.0 Å². The van der Waals surface area contributed by atoms with Crippen LogP contribution in [-0.2, 0) is 16.7 Å². The third-order valence-electron chi connectivity index (χ3n) is 6.61. The van der Waals surface area contributed by atoms with Crippen molar-refractivity contribution >= 4 is 49.4 Å². The molecule has 228 valence electrons. The van der Waals surface area contributed by atoms with Crippen molar-refractivity contribution in [3.05, 3.63) is 81.9 Å². The summed E-state index contributed by atoms with van der Waals surface area (Å²) < 4.78 is 44.3. The molecule has 1 aromatic carbocycles. The van der Waals surface area contributed by atoms with E-state index < -0.39 is 10.1 Å². The quantitative estimate of drug-likeness (QED) is 0.191. The van der Waals surface area contributed by atoms with Crippen LogP contribution in [0.5, 0.6) is 11.9 Å². The number of aryl methyl sites for hydroxylation is 3. The third kappa shape index (κ3) is 6.58. The maximum atomic E-state index is 11.6. The van der Waals surface area contributed by atoms with E-state index in [4.69, 9.17) is 20.3 Å². The van der Waals surface area contributed by atoms with Crippen LogP contribution in [-0.4, -0.2) is 51.9 Å². The van der Waals surface area contributed by atoms with Gasteiger partial charge in [0.15, 0.2) is 4.21 Å². The second-order valence-corrected chi connectivity index (χ2v) is 13.6. The van der Waals surface area contributed by atoms with Gasteiger partial charge in [0.2, 0.25) is 5.88 Å². The molecule has 0 aliphatic heterocycles. The Labute approximate surface area is 262 Å². The molecule has 0 atom stereocenters. The van der Waals surface area contributed by atoms with Crippen molar-refractivity contribution in [2.24, 2.45) is 0 Å². The summed E-state index contributed by atoms with van der Waals surface area (Å²) in [5.74, 6) is 0.330. The SMILES string of the molecule is COc1ncc(N)c(OC)n1.Cc1cc2c(c(C)n1)c(-c1ccc(C)s1)nn2Cc1ccc(-c2ccsc2S(=O)(=O)O)cc1. The minimum absolute atomic E-state index is 0.0392. The largest absolute Gasteiger partial charge is 0.479 e. The molecule has 0 aliphatic carbocycles. The molecular weight excluding hydrogens is 621 g/mol. The Morgan fingerprint density at radius 1 is 1.00 bits per heavy atom. The van der Waals surface area contributed by atoms with Crippen LogP contribution in [0.4, 0.5) is 5.69 Å². The second kappa shape index (κ2) is 12.7. The van der Waals surface area contributed by atoms with Crippen LogP contribution >= 0.6 is 22.7 Å². The van der Waals surface area contributed by atoms with Crippen molar-refractivity contribution in [2.45, 2.75) is 31.5 Å². The van der Waals surface area contributed by atoms with Crippen molar-refractivity contribution in [3.8, 4) is 33.6 Å². The number of methoxy groups -OCH3 is 2. The fourth-order valence-electron chi connectivity index (χ4n) is 4.68. The molecule has 0 saturated heterocycles. The molecule has 14 heteroatoms. The highest BCUT2D eigenvalue weighted by molar-refractivity contribution is 7.88. The number of nitrogens with two attached hydrogens (primary N) is 1. The maximum Gasteiger partial charge on any atom is 0.319 e. The molecule has 0 saturated carbocycles. The number of hydrogen-bond donors (Lipinski definition) is 2. The van der Waals surface area contributed by atoms with Gasteiger partial charge in [-0.2, -0.15) is 18.5 Å². The topological polar surface area (TPSA) is 155 Å². The van der Waals surface area contributed by atoms with Crippen LogP contribution in [0.25, 0.3) is 32.6 Å². The first-order valence-corrected chi connectivity index (χ1v) is 16.4. The number of rotatable bonds is 7. The molecule has 0 aliphatic rings. The number of nitrogen functional groups attached to an aromatic ring is 1. The van der Waals surface area contributed by atoms with Gasteiger partial charge in [0.05, 0.1) is 42.7 Å². The van der Waals surface area contributed by atoms with Crippen LogP contribution in [0.2, 0.25) is 0 Å².